The van der Waals surface area contributed by atoms with E-state index in [0.717, 1.165) is 12.0 Å². The smallest absolute Gasteiger partial charge is 0.309 e. The largest absolute Gasteiger partial charge is 0.481 e. The molecule has 0 aromatic rings. The zero-order valence-electron chi connectivity index (χ0n) is 15.0. The van der Waals surface area contributed by atoms with E-state index < -0.39 is 46.3 Å². The van der Waals surface area contributed by atoms with Gasteiger partial charge in [-0.2, -0.15) is 0 Å². The van der Waals surface area contributed by atoms with Gasteiger partial charge in [-0.25, -0.2) is 0 Å². The van der Waals surface area contributed by atoms with Crippen LogP contribution in [0.25, 0.3) is 0 Å². The molecule has 8 atom stereocenters. The van der Waals surface area contributed by atoms with Crippen LogP contribution in [0, 0.1) is 34.0 Å². The molecule has 4 aliphatic rings. The average Bonchev–Trinajstić information content (AvgIpc) is 2.78. The second-order valence-electron chi connectivity index (χ2n) is 9.48. The van der Waals surface area contributed by atoms with Crippen LogP contribution in [0.3, 0.4) is 0 Å². The highest BCUT2D eigenvalue weighted by Crippen LogP contribution is 2.71. The summed E-state index contributed by atoms with van der Waals surface area (Å²) < 4.78 is 0. The summed E-state index contributed by atoms with van der Waals surface area (Å²) in [4.78, 5) is 25.2. The zero-order chi connectivity index (χ0) is 18.4. The van der Waals surface area contributed by atoms with Crippen LogP contribution in [0.15, 0.2) is 12.2 Å². The first-order valence-electron chi connectivity index (χ1n) is 9.38. The molecule has 0 aromatic heterocycles. The fourth-order valence-electron chi connectivity index (χ4n) is 7.28. The fourth-order valence-corrected chi connectivity index (χ4v) is 7.28. The molecule has 4 aliphatic carbocycles. The van der Waals surface area contributed by atoms with E-state index in [2.05, 4.69) is 6.58 Å². The van der Waals surface area contributed by atoms with Crippen molar-refractivity contribution in [3.05, 3.63) is 12.2 Å². The molecule has 5 nitrogen and oxygen atoms in total. The van der Waals surface area contributed by atoms with Gasteiger partial charge in [0.2, 0.25) is 0 Å². The predicted octanol–water partition coefficient (Wildman–Crippen LogP) is 2.16. The van der Waals surface area contributed by atoms with Crippen LogP contribution in [-0.2, 0) is 9.59 Å². The number of aliphatic hydroxyl groups excluding tert-OH is 2. The third-order valence-corrected chi connectivity index (χ3v) is 8.51. The van der Waals surface area contributed by atoms with Crippen molar-refractivity contribution < 1.29 is 24.9 Å². The van der Waals surface area contributed by atoms with E-state index >= 15 is 0 Å². The van der Waals surface area contributed by atoms with Crippen molar-refractivity contribution in [1.82, 2.24) is 0 Å². The van der Waals surface area contributed by atoms with Crippen LogP contribution in [0.5, 0.6) is 0 Å². The highest BCUT2D eigenvalue weighted by Gasteiger charge is 2.72. The monoisotopic (exact) mass is 348 g/mol. The Bertz CT molecular complexity index is 671. The predicted molar refractivity (Wildman–Crippen MR) is 90.6 cm³/mol. The summed E-state index contributed by atoms with van der Waals surface area (Å²) in [7, 11) is 0. The number of fused-ring (bicyclic) bond motifs is 3. The number of Topliss-reactive ketones (excluding diaryl/α,β-unsaturated/α-hetero) is 1. The van der Waals surface area contributed by atoms with Crippen LogP contribution < -0.4 is 0 Å². The maximum Gasteiger partial charge on any atom is 0.309 e. The second-order valence-corrected chi connectivity index (χ2v) is 9.48. The third kappa shape index (κ3) is 1.86. The van der Waals surface area contributed by atoms with Gasteiger partial charge in [0.05, 0.1) is 17.6 Å². The van der Waals surface area contributed by atoms with Gasteiger partial charge in [0.1, 0.15) is 5.78 Å². The van der Waals surface area contributed by atoms with Gasteiger partial charge in [0.25, 0.3) is 0 Å². The quantitative estimate of drug-likeness (QED) is 0.631. The summed E-state index contributed by atoms with van der Waals surface area (Å²) in [6.07, 6.45) is 1.42. The first kappa shape index (κ1) is 17.2. The number of rotatable bonds is 1. The van der Waals surface area contributed by atoms with Gasteiger partial charge in [-0.15, -0.1) is 0 Å². The van der Waals surface area contributed by atoms with Crippen molar-refractivity contribution in [2.24, 2.45) is 34.0 Å². The minimum absolute atomic E-state index is 0.0579. The molecule has 0 unspecified atom stereocenters. The van der Waals surface area contributed by atoms with Crippen molar-refractivity contribution in [3.63, 3.8) is 0 Å². The molecule has 138 valence electrons. The number of aliphatic carboxylic acids is 1. The number of carbonyl (C=O) groups excluding carboxylic acids is 1. The number of carboxylic acid groups (broad SMARTS) is 1. The molecule has 0 amide bonds. The van der Waals surface area contributed by atoms with E-state index in [-0.39, 0.29) is 18.1 Å². The van der Waals surface area contributed by atoms with Crippen LogP contribution >= 0.6 is 0 Å². The van der Waals surface area contributed by atoms with Crippen molar-refractivity contribution >= 4 is 11.8 Å². The lowest BCUT2D eigenvalue weighted by Gasteiger charge is -2.64. The molecule has 0 aliphatic heterocycles. The number of ketones is 1. The van der Waals surface area contributed by atoms with Crippen molar-refractivity contribution in [2.75, 3.05) is 0 Å². The van der Waals surface area contributed by atoms with Gasteiger partial charge in [0.15, 0.2) is 0 Å². The Labute approximate surface area is 148 Å². The van der Waals surface area contributed by atoms with Crippen LogP contribution in [0.2, 0.25) is 0 Å². The molecular weight excluding hydrogens is 320 g/mol. The molecule has 2 bridgehead atoms. The Hall–Kier alpha value is -1.20. The lowest BCUT2D eigenvalue weighted by Crippen LogP contribution is -2.68. The number of carbonyl (C=O) groups is 2. The Balaban J connectivity index is 1.89. The molecule has 5 heteroatoms. The maximum atomic E-state index is 13.1. The maximum absolute atomic E-state index is 13.1. The summed E-state index contributed by atoms with van der Waals surface area (Å²) in [6.45, 7) is 7.73. The van der Waals surface area contributed by atoms with E-state index in [1.165, 1.54) is 0 Å². The zero-order valence-corrected chi connectivity index (χ0v) is 15.0. The SMILES string of the molecule is C=C1C[C@]23C[C@H]1C[C@@H](O)[C@H]2[C@]1(C)C(=O)CC[C@@](C)(C(=O)O)[C@H]1C[C@@H]3O. The van der Waals surface area contributed by atoms with E-state index in [4.69, 9.17) is 0 Å². The topological polar surface area (TPSA) is 94.8 Å². The normalized spacial score (nSPS) is 54.8. The average molecular weight is 348 g/mol. The number of allylic oxidation sites excluding steroid dienone is 1. The number of hydrogen-bond acceptors (Lipinski definition) is 4. The minimum atomic E-state index is -1.04. The van der Waals surface area contributed by atoms with Crippen molar-refractivity contribution in [3.8, 4) is 0 Å². The van der Waals surface area contributed by atoms with E-state index in [1.54, 1.807) is 6.92 Å². The summed E-state index contributed by atoms with van der Waals surface area (Å²) in [5.74, 6) is -1.49. The molecule has 4 fully saturated rings. The first-order valence-corrected chi connectivity index (χ1v) is 9.38. The number of aliphatic hydroxyl groups is 2. The summed E-state index contributed by atoms with van der Waals surface area (Å²) in [6, 6.07) is 0. The number of hydrogen-bond donors (Lipinski definition) is 3. The standard InChI is InChI=1S/C20H28O5/c1-10-8-20-9-11(10)6-12(21)16(20)19(3)13(7-15(20)23)18(2,17(24)25)5-4-14(19)22/h11-13,15-16,21,23H,1,4-9H2,2-3H3,(H,24,25)/t11-,12-,13-,15+,16+,18-,19+,20-/m1/s1. The Morgan fingerprint density at radius 1 is 1.24 bits per heavy atom. The molecular formula is C20H28O5. The molecule has 25 heavy (non-hydrogen) atoms. The Kier molecular flexibility index (Phi) is 3.41. The molecule has 4 rings (SSSR count). The summed E-state index contributed by atoms with van der Waals surface area (Å²) in [5, 5.41) is 32.0. The van der Waals surface area contributed by atoms with Crippen LogP contribution in [0.4, 0.5) is 0 Å². The third-order valence-electron chi connectivity index (χ3n) is 8.51. The first-order chi connectivity index (χ1) is 11.6. The van der Waals surface area contributed by atoms with Gasteiger partial charge >= 0.3 is 5.97 Å². The lowest BCUT2D eigenvalue weighted by atomic mass is 9.39. The Morgan fingerprint density at radius 2 is 1.92 bits per heavy atom. The summed E-state index contributed by atoms with van der Waals surface area (Å²) in [5.41, 5.74) is -1.42. The van der Waals surface area contributed by atoms with E-state index in [9.17, 15) is 24.9 Å². The summed E-state index contributed by atoms with van der Waals surface area (Å²) >= 11 is 0. The fraction of sp³-hybridized carbons (Fsp3) is 0.800. The Morgan fingerprint density at radius 3 is 2.56 bits per heavy atom. The van der Waals surface area contributed by atoms with Crippen molar-refractivity contribution in [1.29, 1.82) is 0 Å². The molecule has 1 spiro atoms. The highest BCUT2D eigenvalue weighted by molar-refractivity contribution is 5.90. The van der Waals surface area contributed by atoms with Gasteiger partial charge in [-0.3, -0.25) is 9.59 Å². The molecule has 0 radical (unpaired) electrons. The molecule has 3 N–H and O–H groups in total. The van der Waals surface area contributed by atoms with Gasteiger partial charge in [0, 0.05) is 23.2 Å². The van der Waals surface area contributed by atoms with E-state index in [0.29, 0.717) is 25.7 Å². The lowest BCUT2D eigenvalue weighted by molar-refractivity contribution is -0.225. The highest BCUT2D eigenvalue weighted by atomic mass is 16.4. The molecule has 0 heterocycles. The number of carboxylic acids is 1. The second kappa shape index (κ2) is 4.95. The van der Waals surface area contributed by atoms with Gasteiger partial charge in [-0.1, -0.05) is 19.1 Å². The van der Waals surface area contributed by atoms with Crippen LogP contribution in [-0.4, -0.2) is 39.3 Å². The van der Waals surface area contributed by atoms with Gasteiger partial charge in [-0.05, 0) is 50.9 Å². The van der Waals surface area contributed by atoms with Gasteiger partial charge < -0.3 is 15.3 Å². The van der Waals surface area contributed by atoms with Crippen molar-refractivity contribution in [2.45, 2.75) is 64.6 Å². The molecule has 4 saturated carbocycles. The van der Waals surface area contributed by atoms with E-state index in [1.807, 2.05) is 6.92 Å². The molecule has 0 aromatic carbocycles. The minimum Gasteiger partial charge on any atom is -0.481 e. The molecule has 0 saturated heterocycles. The van der Waals surface area contributed by atoms with Crippen LogP contribution in [0.1, 0.15) is 52.4 Å².